The second-order valence-electron chi connectivity index (χ2n) is 32.7. The van der Waals surface area contributed by atoms with E-state index in [0.29, 0.717) is 64.0 Å². The fourth-order valence-corrected chi connectivity index (χ4v) is 13.5. The van der Waals surface area contributed by atoms with Gasteiger partial charge in [0.2, 0.25) is 0 Å². The summed E-state index contributed by atoms with van der Waals surface area (Å²) in [5, 5.41) is 47.9. The molecule has 0 spiro atoms. The number of rotatable bonds is 54. The molecule has 0 radical (unpaired) electrons. The lowest BCUT2D eigenvalue weighted by atomic mass is 9.98. The highest BCUT2D eigenvalue weighted by molar-refractivity contribution is 5.97. The Bertz CT molecular complexity index is 5390. The summed E-state index contributed by atoms with van der Waals surface area (Å²) in [5.41, 5.74) is 3.14. The molecule has 5 N–H and O–H groups in total. The number of ketones is 1. The van der Waals surface area contributed by atoms with Crippen LogP contribution in [0.4, 0.5) is 0 Å². The number of carbonyl (C=O) groups excluding carboxylic acids is 1. The van der Waals surface area contributed by atoms with Crippen molar-refractivity contribution in [1.29, 1.82) is 0 Å². The van der Waals surface area contributed by atoms with E-state index < -0.39 is 91.3 Å². The van der Waals surface area contributed by atoms with Gasteiger partial charge < -0.3 is 134 Å². The molecule has 11 atom stereocenters. The van der Waals surface area contributed by atoms with Gasteiger partial charge in [-0.05, 0) is 230 Å². The topological polar surface area (TPSA) is 416 Å². The van der Waals surface area contributed by atoms with E-state index in [2.05, 4.69) is 46.8 Å². The van der Waals surface area contributed by atoms with Crippen molar-refractivity contribution in [3.8, 4) is 34.5 Å². The van der Waals surface area contributed by atoms with Crippen LogP contribution in [-0.4, -0.2) is 217 Å². The summed E-state index contributed by atoms with van der Waals surface area (Å²) in [6.07, 6.45) is -0.874. The van der Waals surface area contributed by atoms with Crippen molar-refractivity contribution in [3.63, 3.8) is 0 Å². The summed E-state index contributed by atoms with van der Waals surface area (Å²) in [6, 6.07) is 38.2. The second kappa shape index (κ2) is 60.1. The van der Waals surface area contributed by atoms with Crippen LogP contribution in [0.3, 0.4) is 0 Å². The Labute approximate surface area is 825 Å². The lowest BCUT2D eigenvalue weighted by Gasteiger charge is -2.45. The van der Waals surface area contributed by atoms with Crippen molar-refractivity contribution in [2.24, 2.45) is 0 Å². The van der Waals surface area contributed by atoms with Gasteiger partial charge in [-0.15, -0.1) is 0 Å². The number of para-hydroxylation sites is 6. The van der Waals surface area contributed by atoms with E-state index in [1.807, 2.05) is 13.8 Å². The Hall–Kier alpha value is -13.2. The molecule has 0 amide bonds. The van der Waals surface area contributed by atoms with Crippen LogP contribution >= 0.6 is 0 Å². The van der Waals surface area contributed by atoms with Gasteiger partial charge in [0.15, 0.2) is 30.6 Å². The Morgan fingerprint density at radius 1 is 0.326 bits per heavy atom. The van der Waals surface area contributed by atoms with Gasteiger partial charge >= 0.3 is 29.8 Å². The van der Waals surface area contributed by atoms with Gasteiger partial charge in [0, 0.05) is 28.4 Å². The average Bonchev–Trinajstić information content (AvgIpc) is 0.777. The third-order valence-electron chi connectivity index (χ3n) is 22.2. The quantitative estimate of drug-likeness (QED) is 0.0102. The number of hydrogen-bond donors (Lipinski definition) is 5. The maximum atomic E-state index is 12.2. The van der Waals surface area contributed by atoms with E-state index in [0.717, 1.165) is 30.8 Å². The van der Waals surface area contributed by atoms with E-state index >= 15 is 0 Å². The first-order valence-corrected chi connectivity index (χ1v) is 45.9. The van der Waals surface area contributed by atoms with Crippen molar-refractivity contribution in [2.45, 2.75) is 225 Å². The van der Waals surface area contributed by atoms with Crippen LogP contribution in [0.25, 0.3) is 0 Å². The zero-order valence-corrected chi connectivity index (χ0v) is 84.9. The molecule has 0 bridgehead atoms. The predicted molar refractivity (Wildman–Crippen MR) is 522 cm³/mol. The van der Waals surface area contributed by atoms with Crippen molar-refractivity contribution in [1.82, 2.24) is 0 Å². The summed E-state index contributed by atoms with van der Waals surface area (Å²) in [5.74, 6) is 1.30. The lowest BCUT2D eigenvalue weighted by molar-refractivity contribution is -0.316. The lowest BCUT2D eigenvalue weighted by Crippen LogP contribution is -2.61. The van der Waals surface area contributed by atoms with Gasteiger partial charge in [0.25, 0.3) is 0 Å². The zero-order chi connectivity index (χ0) is 104. The fraction of sp³-hybridized carbons (Fsp3) is 0.439. The molecule has 141 heavy (non-hydrogen) atoms. The smallest absolute Gasteiger partial charge is 0.339 e. The SMILES string of the molecule is CCC(C)O/C(C)=C(/C)OC/C=C(/C)CCC=C(C)C.CO[C@@H]1OC(CO/C(C)=C(/C)Oc2ccccc2C(C)=O)[C@H](OC)[C@H](O/C(C)=C(/C)Oc2ccccc2C(=O)O)C1O/C(C)=C(/C)Oc1ccccc1C(=O)O.CO[C@@H]1OC(COCCO/C(C)=C(/C)Oc2ccccc2C(=O)O)[C@H](OC)[C@H](OCCO/C(C)=C(/C)Oc2ccccc2C(=O)O)C1OCCO/C(C)=C(/C)Oc1ccccc1C(=O)O. The molecule has 0 aromatic heterocycles. The van der Waals surface area contributed by atoms with Crippen LogP contribution in [0, 0.1) is 0 Å². The summed E-state index contributed by atoms with van der Waals surface area (Å²) in [4.78, 5) is 70.8. The summed E-state index contributed by atoms with van der Waals surface area (Å²) >= 11 is 0. The molecule has 2 fully saturated rings. The van der Waals surface area contributed by atoms with Crippen LogP contribution in [0.5, 0.6) is 34.5 Å². The molecular weight excluding hydrogens is 1830 g/mol. The molecule has 6 aromatic rings. The molecule has 2 aliphatic rings. The first kappa shape index (κ1) is 117. The first-order valence-electron chi connectivity index (χ1n) is 45.9. The average molecular weight is 1970 g/mol. The minimum atomic E-state index is -1.16. The third-order valence-corrected chi connectivity index (χ3v) is 22.2. The Kier molecular flexibility index (Phi) is 49.7. The monoisotopic (exact) mass is 1970 g/mol. The molecule has 34 nitrogen and oxygen atoms in total. The summed E-state index contributed by atoms with van der Waals surface area (Å²) in [7, 11) is 5.88. The van der Waals surface area contributed by atoms with E-state index in [9.17, 15) is 54.3 Å². The number of carboxylic acids is 5. The highest BCUT2D eigenvalue weighted by Crippen LogP contribution is 2.37. The van der Waals surface area contributed by atoms with E-state index in [-0.39, 0.29) is 144 Å². The van der Waals surface area contributed by atoms with Gasteiger partial charge in [-0.25, -0.2) is 24.0 Å². The van der Waals surface area contributed by atoms with Gasteiger partial charge in [0.05, 0.1) is 38.1 Å². The number of Topliss-reactive ketones (excluding diaryl/α,β-unsaturated/α-hetero) is 1. The number of aromatic carboxylic acids is 5. The fourth-order valence-electron chi connectivity index (χ4n) is 13.5. The number of allylic oxidation sites excluding steroid dienone is 17. The standard InChI is InChI=1S/C47H58O18.C42H48O14.C18H32O2/c1-28(31(4)62-37-18-12-9-15-34(37)44(48)49)57-22-21-56-27-40-41(54-7)42(60-25-23-58-29(2)32(5)63-38-19-13-10-16-35(38)45(50)51)43(47(55-8)65-40)61-26-24-59-30(3)33(6)64-39-20-14-11-17-36(39)46(52)53;1-23(43)30-16-10-13-19-33(30)51-25(3)24(2)50-22-36-37(48-8)38(54-28(6)26(4)52-34-20-14-11-17-31(34)40(44)45)39(42(49-9)56-36)55-29(7)27(5)53-35-21-15-12-18-32(35)41(46)47;1-8-16(5)20-18(7)17(6)19-13-12-15(4)11-9-10-14(2)3/h9-20,40-43,47H,21-27H2,1-8H3,(H,48,49)(H,50,51)(H,52,53);10-21,36-39,42H,22H2,1-9H3,(H,44,45)(H,46,47);10,12,16H,8-9,11,13H2,1-7H3/b31-28-,32-29-,33-30-;25-24-,28-26-,29-27-;15-12-,18-17-/t40?,41-,42-,43?,47+;36?,37-,38-,39?,42+;/m00./s1. The number of carboxylic acid groups (broad SMARTS) is 5. The highest BCUT2D eigenvalue weighted by atomic mass is 16.7. The van der Waals surface area contributed by atoms with Crippen molar-refractivity contribution < 1.29 is 163 Å². The molecule has 6 aromatic carbocycles. The van der Waals surface area contributed by atoms with Gasteiger partial charge in [-0.2, -0.15) is 0 Å². The molecule has 34 heteroatoms. The van der Waals surface area contributed by atoms with E-state index in [1.165, 1.54) is 89.0 Å². The first-order chi connectivity index (χ1) is 67.2. The molecule has 2 aliphatic heterocycles. The van der Waals surface area contributed by atoms with E-state index in [4.69, 9.17) is 109 Å². The number of hydrogen-bond acceptors (Lipinski definition) is 29. The Morgan fingerprint density at radius 3 is 0.993 bits per heavy atom. The van der Waals surface area contributed by atoms with Crippen molar-refractivity contribution >= 4 is 35.6 Å². The summed E-state index contributed by atoms with van der Waals surface area (Å²) in [6.45, 7) is 37.1. The predicted octanol–water partition coefficient (Wildman–Crippen LogP) is 20.8. The van der Waals surface area contributed by atoms with Crippen molar-refractivity contribution in [3.05, 3.63) is 283 Å². The van der Waals surface area contributed by atoms with Gasteiger partial charge in [0.1, 0.15) is 213 Å². The third kappa shape index (κ3) is 37.4. The maximum Gasteiger partial charge on any atom is 0.339 e. The molecule has 2 saturated heterocycles. The van der Waals surface area contributed by atoms with Crippen LogP contribution in [0.2, 0.25) is 0 Å². The molecule has 0 aliphatic carbocycles. The van der Waals surface area contributed by atoms with Gasteiger partial charge in [-0.1, -0.05) is 96.9 Å². The van der Waals surface area contributed by atoms with Crippen LogP contribution in [0.15, 0.2) is 250 Å². The molecule has 5 unspecified atom stereocenters. The molecule has 770 valence electrons. The van der Waals surface area contributed by atoms with Crippen LogP contribution in [0.1, 0.15) is 220 Å². The molecule has 0 saturated carbocycles. The summed E-state index contributed by atoms with van der Waals surface area (Å²) < 4.78 is 138. The van der Waals surface area contributed by atoms with Crippen molar-refractivity contribution in [2.75, 3.05) is 87.9 Å². The number of benzene rings is 6. The second-order valence-corrected chi connectivity index (χ2v) is 32.7. The van der Waals surface area contributed by atoms with Crippen LogP contribution < -0.4 is 28.4 Å². The largest absolute Gasteiger partial charge is 0.492 e. The molecule has 2 heterocycles. The van der Waals surface area contributed by atoms with E-state index in [1.54, 1.807) is 186 Å². The highest BCUT2D eigenvalue weighted by Gasteiger charge is 2.52. The van der Waals surface area contributed by atoms with Crippen LogP contribution in [-0.2, 0) is 80.5 Å². The minimum absolute atomic E-state index is 0.00701. The maximum absolute atomic E-state index is 12.2. The number of methoxy groups -OCH3 is 4. The number of ether oxygens (including phenoxy) is 23. The Morgan fingerprint density at radius 2 is 0.638 bits per heavy atom. The van der Waals surface area contributed by atoms with Gasteiger partial charge in [-0.3, -0.25) is 4.79 Å². The molecular formula is C107H138O34. The molecule has 8 rings (SSSR count). The number of carbonyl (C=O) groups is 6. The Balaban J connectivity index is 0.000000364. The normalized spacial score (nSPS) is 19.2. The minimum Gasteiger partial charge on any atom is -0.492 e. The zero-order valence-electron chi connectivity index (χ0n) is 84.9.